The number of pyridine rings is 2. The summed E-state index contributed by atoms with van der Waals surface area (Å²) in [4.78, 5) is 14.7. The fourth-order valence-electron chi connectivity index (χ4n) is 3.64. The van der Waals surface area contributed by atoms with Gasteiger partial charge in [-0.15, -0.1) is 11.3 Å². The number of aromatic nitrogens is 3. The van der Waals surface area contributed by atoms with Crippen LogP contribution >= 0.6 is 11.3 Å². The number of thiazole rings is 1. The van der Waals surface area contributed by atoms with Gasteiger partial charge in [-0.05, 0) is 73.2 Å². The summed E-state index contributed by atoms with van der Waals surface area (Å²) in [7, 11) is 0. The van der Waals surface area contributed by atoms with E-state index in [0.29, 0.717) is 0 Å². The maximum Gasteiger partial charge on any atom is 0.142 e. The number of fused-ring (bicyclic) bond motifs is 1. The Bertz CT molecular complexity index is 1140. The molecule has 0 atom stereocenters. The van der Waals surface area contributed by atoms with E-state index in [2.05, 4.69) is 22.1 Å². The Morgan fingerprint density at radius 3 is 2.64 bits per heavy atom. The lowest BCUT2D eigenvalue weighted by Crippen LogP contribution is -2.05. The molecule has 0 bridgehead atoms. The molecule has 4 aromatic rings. The summed E-state index contributed by atoms with van der Waals surface area (Å²) < 4.78 is 14.3. The summed E-state index contributed by atoms with van der Waals surface area (Å²) in [5.41, 5.74) is 5.78. The van der Waals surface area contributed by atoms with E-state index >= 15 is 0 Å². The lowest BCUT2D eigenvalue weighted by atomic mass is 9.96. The molecule has 0 fully saturated rings. The van der Waals surface area contributed by atoms with Crippen molar-refractivity contribution < 1.29 is 4.39 Å². The Morgan fingerprint density at radius 1 is 0.857 bits per heavy atom. The minimum absolute atomic E-state index is 0.278. The van der Waals surface area contributed by atoms with Gasteiger partial charge in [-0.3, -0.25) is 9.97 Å². The summed E-state index contributed by atoms with van der Waals surface area (Å²) in [5.74, 6) is -0.278. The highest BCUT2D eigenvalue weighted by molar-refractivity contribution is 7.18. The van der Waals surface area contributed by atoms with Crippen molar-refractivity contribution in [2.24, 2.45) is 0 Å². The molecule has 0 saturated carbocycles. The Hall–Kier alpha value is -2.92. The third-order valence-electron chi connectivity index (χ3n) is 5.05. The van der Waals surface area contributed by atoms with Gasteiger partial charge in [-0.2, -0.15) is 0 Å². The molecule has 0 saturated heterocycles. The second kappa shape index (κ2) is 7.24. The number of hydrogen-bond donors (Lipinski definition) is 0. The van der Waals surface area contributed by atoms with Crippen molar-refractivity contribution in [1.82, 2.24) is 15.0 Å². The van der Waals surface area contributed by atoms with Gasteiger partial charge in [0.25, 0.3) is 0 Å². The topological polar surface area (TPSA) is 38.7 Å². The van der Waals surface area contributed by atoms with Crippen LogP contribution in [0.4, 0.5) is 4.39 Å². The van der Waals surface area contributed by atoms with E-state index in [0.717, 1.165) is 45.2 Å². The summed E-state index contributed by atoms with van der Waals surface area (Å²) in [5, 5.41) is 0.868. The largest absolute Gasteiger partial charge is 0.256 e. The number of hydrogen-bond acceptors (Lipinski definition) is 4. The Labute approximate surface area is 167 Å². The predicted octanol–water partition coefficient (Wildman–Crippen LogP) is 5.95. The molecule has 3 heterocycles. The van der Waals surface area contributed by atoms with Crippen molar-refractivity contribution in [2.45, 2.75) is 25.7 Å². The molecule has 5 heteroatoms. The Kier molecular flexibility index (Phi) is 4.45. The fourth-order valence-corrected chi connectivity index (χ4v) is 4.51. The SMILES string of the molecule is Fc1cc(-c2ccccn2)cc(-c2cnc(-c3ccc4c(n3)CCCC4)s2)c1. The standard InChI is InChI=1S/C23H18FN3S/c24-18-12-16(19-6-3-4-10-25-19)11-17(13-18)22-14-26-23(28-22)21-9-8-15-5-1-2-7-20(15)27-21/h3-4,6,8-14H,1-2,5,7H2. The van der Waals surface area contributed by atoms with Gasteiger partial charge in [0.05, 0.1) is 16.3 Å². The first kappa shape index (κ1) is 17.2. The maximum atomic E-state index is 14.3. The Balaban J connectivity index is 1.51. The zero-order valence-corrected chi connectivity index (χ0v) is 16.0. The van der Waals surface area contributed by atoms with E-state index in [4.69, 9.17) is 4.98 Å². The minimum atomic E-state index is -0.278. The molecule has 0 amide bonds. The van der Waals surface area contributed by atoms with Gasteiger partial charge in [0.1, 0.15) is 10.8 Å². The highest BCUT2D eigenvalue weighted by atomic mass is 32.1. The highest BCUT2D eigenvalue weighted by Gasteiger charge is 2.15. The van der Waals surface area contributed by atoms with Crippen LogP contribution in [0, 0.1) is 5.82 Å². The second-order valence-electron chi connectivity index (χ2n) is 6.98. The van der Waals surface area contributed by atoms with Crippen LogP contribution in [-0.2, 0) is 12.8 Å². The third-order valence-corrected chi connectivity index (χ3v) is 6.11. The Morgan fingerprint density at radius 2 is 1.75 bits per heavy atom. The third kappa shape index (κ3) is 3.34. The molecule has 1 aliphatic rings. The van der Waals surface area contributed by atoms with Crippen LogP contribution in [-0.4, -0.2) is 15.0 Å². The first-order valence-electron chi connectivity index (χ1n) is 9.44. The number of nitrogens with zero attached hydrogens (tertiary/aromatic N) is 3. The zero-order valence-electron chi connectivity index (χ0n) is 15.2. The average molecular weight is 387 g/mol. The van der Waals surface area contributed by atoms with Gasteiger partial charge in [-0.25, -0.2) is 9.37 Å². The lowest BCUT2D eigenvalue weighted by Gasteiger charge is -2.14. The van der Waals surface area contributed by atoms with Gasteiger partial charge >= 0.3 is 0 Å². The predicted molar refractivity (Wildman–Crippen MR) is 111 cm³/mol. The lowest BCUT2D eigenvalue weighted by molar-refractivity contribution is 0.629. The normalized spacial score (nSPS) is 13.3. The van der Waals surface area contributed by atoms with Gasteiger partial charge < -0.3 is 0 Å². The molecular formula is C23H18FN3S. The summed E-state index contributed by atoms with van der Waals surface area (Å²) in [6.07, 6.45) is 8.12. The minimum Gasteiger partial charge on any atom is -0.256 e. The van der Waals surface area contributed by atoms with Crippen LogP contribution < -0.4 is 0 Å². The first-order valence-corrected chi connectivity index (χ1v) is 10.3. The van der Waals surface area contributed by atoms with E-state index in [9.17, 15) is 4.39 Å². The van der Waals surface area contributed by atoms with Crippen LogP contribution in [0.3, 0.4) is 0 Å². The van der Waals surface area contributed by atoms with E-state index < -0.39 is 0 Å². The smallest absolute Gasteiger partial charge is 0.142 e. The first-order chi connectivity index (χ1) is 13.8. The van der Waals surface area contributed by atoms with E-state index in [-0.39, 0.29) is 5.82 Å². The molecule has 28 heavy (non-hydrogen) atoms. The molecule has 3 nitrogen and oxygen atoms in total. The molecule has 1 aromatic carbocycles. The van der Waals surface area contributed by atoms with Crippen LogP contribution in [0.15, 0.2) is 60.9 Å². The monoisotopic (exact) mass is 387 g/mol. The van der Waals surface area contributed by atoms with Crippen molar-refractivity contribution in [2.75, 3.05) is 0 Å². The molecule has 138 valence electrons. The molecule has 0 spiro atoms. The van der Waals surface area contributed by atoms with Gasteiger partial charge in [0, 0.05) is 23.7 Å². The zero-order chi connectivity index (χ0) is 18.9. The molecule has 5 rings (SSSR count). The summed E-state index contributed by atoms with van der Waals surface area (Å²) in [6, 6.07) is 14.9. The molecule has 0 aliphatic heterocycles. The van der Waals surface area contributed by atoms with Crippen molar-refractivity contribution in [3.63, 3.8) is 0 Å². The molecule has 0 radical (unpaired) electrons. The van der Waals surface area contributed by atoms with E-state index in [1.165, 1.54) is 30.2 Å². The van der Waals surface area contributed by atoms with Crippen molar-refractivity contribution in [3.8, 4) is 32.4 Å². The number of halogens is 1. The van der Waals surface area contributed by atoms with Gasteiger partial charge in [0.2, 0.25) is 0 Å². The molecule has 0 N–H and O–H groups in total. The second-order valence-corrected chi connectivity index (χ2v) is 8.01. The molecule has 3 aromatic heterocycles. The fraction of sp³-hybridized carbons (Fsp3) is 0.174. The highest BCUT2D eigenvalue weighted by Crippen LogP contribution is 2.34. The van der Waals surface area contributed by atoms with Crippen molar-refractivity contribution >= 4 is 11.3 Å². The van der Waals surface area contributed by atoms with E-state index in [1.807, 2.05) is 24.3 Å². The van der Waals surface area contributed by atoms with Crippen LogP contribution in [0.1, 0.15) is 24.1 Å². The van der Waals surface area contributed by atoms with Crippen LogP contribution in [0.5, 0.6) is 0 Å². The number of aryl methyl sites for hydroxylation is 2. The van der Waals surface area contributed by atoms with Crippen LogP contribution in [0.2, 0.25) is 0 Å². The molecule has 1 aliphatic carbocycles. The van der Waals surface area contributed by atoms with Gasteiger partial charge in [0.15, 0.2) is 0 Å². The van der Waals surface area contributed by atoms with Crippen LogP contribution in [0.25, 0.3) is 32.4 Å². The molecular weight excluding hydrogens is 369 g/mol. The van der Waals surface area contributed by atoms with Crippen molar-refractivity contribution in [1.29, 1.82) is 0 Å². The summed E-state index contributed by atoms with van der Waals surface area (Å²) >= 11 is 1.54. The quantitative estimate of drug-likeness (QED) is 0.436. The number of rotatable bonds is 3. The van der Waals surface area contributed by atoms with Gasteiger partial charge in [-0.1, -0.05) is 12.1 Å². The number of benzene rings is 1. The summed E-state index contributed by atoms with van der Waals surface area (Å²) in [6.45, 7) is 0. The molecule has 0 unspecified atom stereocenters. The average Bonchev–Trinajstić information content (AvgIpc) is 3.24. The van der Waals surface area contributed by atoms with E-state index in [1.54, 1.807) is 29.8 Å². The maximum absolute atomic E-state index is 14.3. The van der Waals surface area contributed by atoms with Crippen molar-refractivity contribution in [3.05, 3.63) is 78.0 Å².